The van der Waals surface area contributed by atoms with Crippen LogP contribution in [0, 0.1) is 5.82 Å². The first-order valence-electron chi connectivity index (χ1n) is 4.80. The number of rotatable bonds is 3. The van der Waals surface area contributed by atoms with E-state index in [1.165, 1.54) is 12.1 Å². The van der Waals surface area contributed by atoms with Crippen molar-refractivity contribution in [2.75, 3.05) is 6.54 Å². The van der Waals surface area contributed by atoms with Crippen LogP contribution in [0.4, 0.5) is 4.39 Å². The molecule has 0 spiro atoms. The third-order valence-electron chi connectivity index (χ3n) is 2.29. The molecule has 0 aliphatic rings. The normalized spacial score (nSPS) is 13.3. The molecular formula is C11H17FN2. The molecular weight excluding hydrogens is 179 g/mol. The average molecular weight is 196 g/mol. The maximum Gasteiger partial charge on any atom is 0.123 e. The molecule has 0 aromatic heterocycles. The van der Waals surface area contributed by atoms with Crippen LogP contribution >= 0.6 is 0 Å². The molecule has 4 N–H and O–H groups in total. The van der Waals surface area contributed by atoms with Gasteiger partial charge in [0, 0.05) is 12.6 Å². The van der Waals surface area contributed by atoms with Crippen molar-refractivity contribution in [2.45, 2.75) is 25.8 Å². The van der Waals surface area contributed by atoms with E-state index in [1.54, 1.807) is 0 Å². The second-order valence-corrected chi connectivity index (χ2v) is 3.81. The van der Waals surface area contributed by atoms with Crippen molar-refractivity contribution in [3.63, 3.8) is 0 Å². The fourth-order valence-corrected chi connectivity index (χ4v) is 1.32. The molecule has 1 aromatic rings. The number of nitrogens with two attached hydrogens (primary N) is 2. The van der Waals surface area contributed by atoms with E-state index in [4.69, 9.17) is 11.5 Å². The molecule has 2 nitrogen and oxygen atoms in total. The van der Waals surface area contributed by atoms with Crippen LogP contribution in [0.2, 0.25) is 0 Å². The topological polar surface area (TPSA) is 52.0 Å². The predicted octanol–water partition coefficient (Wildman–Crippen LogP) is 1.91. The van der Waals surface area contributed by atoms with Crippen molar-refractivity contribution in [1.29, 1.82) is 0 Å². The van der Waals surface area contributed by atoms with E-state index in [0.29, 0.717) is 12.5 Å². The molecule has 14 heavy (non-hydrogen) atoms. The van der Waals surface area contributed by atoms with Gasteiger partial charge < -0.3 is 11.5 Å². The Labute approximate surface area is 84.1 Å². The van der Waals surface area contributed by atoms with E-state index in [0.717, 1.165) is 11.1 Å². The Morgan fingerprint density at radius 1 is 1.21 bits per heavy atom. The highest BCUT2D eigenvalue weighted by Gasteiger charge is 2.08. The molecule has 0 amide bonds. The highest BCUT2D eigenvalue weighted by Crippen LogP contribution is 2.20. The smallest absolute Gasteiger partial charge is 0.123 e. The second-order valence-electron chi connectivity index (χ2n) is 3.81. The van der Waals surface area contributed by atoms with Crippen LogP contribution in [0.25, 0.3) is 0 Å². The SMILES string of the molecule is CC(C)c1cc(F)cc([C@H](N)CN)c1. The zero-order chi connectivity index (χ0) is 10.7. The maximum absolute atomic E-state index is 13.2. The minimum atomic E-state index is -0.275. The Hall–Kier alpha value is -0.930. The quantitative estimate of drug-likeness (QED) is 0.775. The van der Waals surface area contributed by atoms with Crippen molar-refractivity contribution >= 4 is 0 Å². The van der Waals surface area contributed by atoms with Crippen LogP contribution in [0.15, 0.2) is 18.2 Å². The molecule has 0 saturated heterocycles. The van der Waals surface area contributed by atoms with Crippen LogP contribution < -0.4 is 11.5 Å². The van der Waals surface area contributed by atoms with Crippen molar-refractivity contribution in [1.82, 2.24) is 0 Å². The summed E-state index contributed by atoms with van der Waals surface area (Å²) in [6, 6.07) is 4.63. The number of hydrogen-bond acceptors (Lipinski definition) is 2. The molecule has 0 heterocycles. The summed E-state index contributed by atoms with van der Waals surface area (Å²) in [6.45, 7) is 4.38. The molecule has 1 aromatic carbocycles. The van der Waals surface area contributed by atoms with Crippen LogP contribution in [-0.2, 0) is 0 Å². The Morgan fingerprint density at radius 2 is 1.79 bits per heavy atom. The monoisotopic (exact) mass is 196 g/mol. The summed E-state index contributed by atoms with van der Waals surface area (Å²) in [5.41, 5.74) is 12.9. The zero-order valence-corrected chi connectivity index (χ0v) is 8.63. The van der Waals surface area contributed by atoms with Crippen molar-refractivity contribution < 1.29 is 4.39 Å². The number of benzene rings is 1. The van der Waals surface area contributed by atoms with E-state index in [1.807, 2.05) is 19.9 Å². The van der Waals surface area contributed by atoms with Gasteiger partial charge in [-0.2, -0.15) is 0 Å². The van der Waals surface area contributed by atoms with Crippen LogP contribution in [0.3, 0.4) is 0 Å². The summed E-state index contributed by atoms with van der Waals surface area (Å²) < 4.78 is 13.2. The summed E-state index contributed by atoms with van der Waals surface area (Å²) >= 11 is 0. The van der Waals surface area contributed by atoms with Gasteiger partial charge >= 0.3 is 0 Å². The van der Waals surface area contributed by atoms with E-state index >= 15 is 0 Å². The first-order valence-corrected chi connectivity index (χ1v) is 4.80. The number of hydrogen-bond donors (Lipinski definition) is 2. The fourth-order valence-electron chi connectivity index (χ4n) is 1.32. The third-order valence-corrected chi connectivity index (χ3v) is 2.29. The standard InChI is InChI=1S/C11H17FN2/c1-7(2)8-3-9(11(14)6-13)5-10(12)4-8/h3-5,7,11H,6,13-14H2,1-2H3/t11-/m1/s1. The van der Waals surface area contributed by atoms with Crippen molar-refractivity contribution in [2.24, 2.45) is 11.5 Å². The summed E-state index contributed by atoms with van der Waals surface area (Å²) in [6.07, 6.45) is 0. The summed E-state index contributed by atoms with van der Waals surface area (Å²) in [4.78, 5) is 0. The lowest BCUT2D eigenvalue weighted by atomic mass is 9.98. The van der Waals surface area contributed by atoms with Crippen LogP contribution in [-0.4, -0.2) is 6.54 Å². The first kappa shape index (κ1) is 11.1. The molecule has 0 bridgehead atoms. The Bertz CT molecular complexity index is 310. The van der Waals surface area contributed by atoms with Gasteiger partial charge in [0.1, 0.15) is 5.82 Å². The van der Waals surface area contributed by atoms with E-state index < -0.39 is 0 Å². The second kappa shape index (κ2) is 4.53. The molecule has 0 saturated carbocycles. The van der Waals surface area contributed by atoms with Crippen LogP contribution in [0.1, 0.15) is 36.9 Å². The molecule has 0 aliphatic carbocycles. The molecule has 0 radical (unpaired) electrons. The third kappa shape index (κ3) is 2.53. The van der Waals surface area contributed by atoms with Gasteiger partial charge in [-0.15, -0.1) is 0 Å². The summed E-state index contributed by atoms with van der Waals surface area (Å²) in [5, 5.41) is 0. The molecule has 1 atom stereocenters. The van der Waals surface area contributed by atoms with Gasteiger partial charge in [-0.1, -0.05) is 19.9 Å². The first-order chi connectivity index (χ1) is 6.54. The molecule has 1 rings (SSSR count). The Balaban J connectivity index is 3.07. The molecule has 0 fully saturated rings. The van der Waals surface area contributed by atoms with Gasteiger partial charge in [-0.25, -0.2) is 4.39 Å². The Kier molecular flexibility index (Phi) is 3.61. The Morgan fingerprint density at radius 3 is 2.29 bits per heavy atom. The minimum absolute atomic E-state index is 0.241. The molecule has 78 valence electrons. The molecule has 0 unspecified atom stereocenters. The van der Waals surface area contributed by atoms with Gasteiger partial charge in [0.05, 0.1) is 0 Å². The van der Waals surface area contributed by atoms with Gasteiger partial charge in [0.2, 0.25) is 0 Å². The van der Waals surface area contributed by atoms with Gasteiger partial charge in [0.15, 0.2) is 0 Å². The lowest BCUT2D eigenvalue weighted by molar-refractivity contribution is 0.614. The largest absolute Gasteiger partial charge is 0.329 e. The van der Waals surface area contributed by atoms with Crippen LogP contribution in [0.5, 0.6) is 0 Å². The minimum Gasteiger partial charge on any atom is -0.329 e. The van der Waals surface area contributed by atoms with E-state index in [-0.39, 0.29) is 11.9 Å². The van der Waals surface area contributed by atoms with E-state index in [9.17, 15) is 4.39 Å². The predicted molar refractivity (Wildman–Crippen MR) is 56.5 cm³/mol. The highest BCUT2D eigenvalue weighted by atomic mass is 19.1. The van der Waals surface area contributed by atoms with Gasteiger partial charge in [-0.05, 0) is 29.2 Å². The number of halogens is 1. The van der Waals surface area contributed by atoms with Crippen molar-refractivity contribution in [3.8, 4) is 0 Å². The zero-order valence-electron chi connectivity index (χ0n) is 8.63. The van der Waals surface area contributed by atoms with E-state index in [2.05, 4.69) is 0 Å². The lowest BCUT2D eigenvalue weighted by Crippen LogP contribution is -2.21. The average Bonchev–Trinajstić information content (AvgIpc) is 2.15. The highest BCUT2D eigenvalue weighted by molar-refractivity contribution is 5.29. The summed E-state index contributed by atoms with van der Waals surface area (Å²) in [7, 11) is 0. The maximum atomic E-state index is 13.2. The van der Waals surface area contributed by atoms with Crippen molar-refractivity contribution in [3.05, 3.63) is 35.1 Å². The fraction of sp³-hybridized carbons (Fsp3) is 0.455. The van der Waals surface area contributed by atoms with Gasteiger partial charge in [-0.3, -0.25) is 0 Å². The lowest BCUT2D eigenvalue weighted by Gasteiger charge is -2.13. The summed E-state index contributed by atoms with van der Waals surface area (Å²) in [5.74, 6) is 0.0597. The molecule has 3 heteroatoms. The van der Waals surface area contributed by atoms with Gasteiger partial charge in [0.25, 0.3) is 0 Å². The molecule has 0 aliphatic heterocycles.